The second kappa shape index (κ2) is 7.50. The van der Waals surface area contributed by atoms with E-state index in [2.05, 4.69) is 20.3 Å². The number of aromatic nitrogens is 3. The number of hydrogen-bond donors (Lipinski definition) is 0. The number of nitrogens with zero attached hydrogens (tertiary/aromatic N) is 6. The average Bonchev–Trinajstić information content (AvgIpc) is 3.10. The Morgan fingerprint density at radius 1 is 1.27 bits per heavy atom. The molecule has 0 saturated carbocycles. The van der Waals surface area contributed by atoms with Crippen molar-refractivity contribution in [3.63, 3.8) is 0 Å². The molecule has 0 atom stereocenters. The van der Waals surface area contributed by atoms with E-state index >= 15 is 0 Å². The van der Waals surface area contributed by atoms with Crippen molar-refractivity contribution in [1.82, 2.24) is 15.0 Å². The van der Waals surface area contributed by atoms with Crippen LogP contribution in [0.5, 0.6) is 0 Å². The van der Waals surface area contributed by atoms with Gasteiger partial charge < -0.3 is 4.74 Å². The van der Waals surface area contributed by atoms with Crippen LogP contribution in [0.4, 0.5) is 5.69 Å². The largest absolute Gasteiger partial charge is 0.465 e. The third-order valence-electron chi connectivity index (χ3n) is 3.79. The highest BCUT2D eigenvalue weighted by Gasteiger charge is 2.10. The predicted octanol–water partition coefficient (Wildman–Crippen LogP) is 4.03. The molecule has 3 aromatic rings. The number of carbonyl (C=O) groups is 1. The van der Waals surface area contributed by atoms with Gasteiger partial charge in [-0.2, -0.15) is 0 Å². The van der Waals surface area contributed by atoms with Crippen molar-refractivity contribution in [2.75, 3.05) is 7.11 Å². The summed E-state index contributed by atoms with van der Waals surface area (Å²) in [5.74, 6) is -0.500. The molecule has 0 aliphatic rings. The average molecular weight is 348 g/mol. The Hall–Kier alpha value is -3.64. The highest BCUT2D eigenvalue weighted by atomic mass is 16.5. The molecule has 26 heavy (non-hydrogen) atoms. The minimum Gasteiger partial charge on any atom is -0.465 e. The van der Waals surface area contributed by atoms with Gasteiger partial charge in [0.15, 0.2) is 0 Å². The maximum absolute atomic E-state index is 11.8. The van der Waals surface area contributed by atoms with Crippen molar-refractivity contribution < 1.29 is 9.53 Å². The first kappa shape index (κ1) is 17.2. The topological polar surface area (TPSA) is 106 Å². The zero-order valence-corrected chi connectivity index (χ0v) is 14.3. The summed E-state index contributed by atoms with van der Waals surface area (Å²) in [6.07, 6.45) is 1.82. The fourth-order valence-electron chi connectivity index (χ4n) is 2.53. The molecule has 0 fully saturated rings. The van der Waals surface area contributed by atoms with Gasteiger partial charge in [0.25, 0.3) is 0 Å². The quantitative estimate of drug-likeness (QED) is 0.300. The van der Waals surface area contributed by atoms with Gasteiger partial charge >= 0.3 is 5.97 Å². The van der Waals surface area contributed by atoms with E-state index in [1.807, 2.05) is 37.4 Å². The van der Waals surface area contributed by atoms with E-state index in [1.54, 1.807) is 16.8 Å². The summed E-state index contributed by atoms with van der Waals surface area (Å²) in [4.78, 5) is 14.6. The first-order valence-corrected chi connectivity index (χ1v) is 7.83. The van der Waals surface area contributed by atoms with Crippen molar-refractivity contribution >= 4 is 11.7 Å². The Labute approximate surface area is 149 Å². The second-order valence-corrected chi connectivity index (χ2v) is 5.74. The molecule has 0 N–H and O–H groups in total. The maximum atomic E-state index is 11.8. The van der Waals surface area contributed by atoms with E-state index in [0.717, 1.165) is 16.8 Å². The molecule has 1 aromatic heterocycles. The van der Waals surface area contributed by atoms with Crippen molar-refractivity contribution in [1.29, 1.82) is 0 Å². The van der Waals surface area contributed by atoms with E-state index in [4.69, 9.17) is 10.3 Å². The van der Waals surface area contributed by atoms with Gasteiger partial charge in [-0.15, -0.1) is 5.10 Å². The van der Waals surface area contributed by atoms with Crippen molar-refractivity contribution in [3.8, 4) is 11.3 Å². The number of ether oxygens (including phenoxy) is 1. The molecule has 0 spiro atoms. The number of aryl methyl sites for hydroxylation is 1. The van der Waals surface area contributed by atoms with Crippen LogP contribution in [0.15, 0.2) is 53.8 Å². The van der Waals surface area contributed by atoms with Crippen LogP contribution in [0, 0.1) is 6.92 Å². The molecule has 0 radical (unpaired) electrons. The molecule has 1 heterocycles. The first-order chi connectivity index (χ1) is 12.6. The summed E-state index contributed by atoms with van der Waals surface area (Å²) in [7, 11) is 1.30. The molecule has 0 aliphatic heterocycles. The van der Waals surface area contributed by atoms with Gasteiger partial charge in [0.2, 0.25) is 0 Å². The molecule has 8 heteroatoms. The Morgan fingerprint density at radius 2 is 2.04 bits per heavy atom. The van der Waals surface area contributed by atoms with Crippen LogP contribution in [-0.4, -0.2) is 28.1 Å². The van der Waals surface area contributed by atoms with E-state index in [-0.39, 0.29) is 0 Å². The van der Waals surface area contributed by atoms with E-state index in [1.165, 1.54) is 18.7 Å². The molecule has 3 rings (SSSR count). The SMILES string of the molecule is COC(=O)c1cc(Cn2cc(-c3ccc(C)cc3)nn2)cc(N=[N+]=[N-])c1. The van der Waals surface area contributed by atoms with Crippen LogP contribution in [0.1, 0.15) is 21.5 Å². The third-order valence-corrected chi connectivity index (χ3v) is 3.79. The van der Waals surface area contributed by atoms with Gasteiger partial charge in [0.1, 0.15) is 5.69 Å². The van der Waals surface area contributed by atoms with E-state index in [0.29, 0.717) is 17.8 Å². The van der Waals surface area contributed by atoms with Gasteiger partial charge in [0.05, 0.1) is 25.4 Å². The summed E-state index contributed by atoms with van der Waals surface area (Å²) >= 11 is 0. The Kier molecular flexibility index (Phi) is 4.96. The van der Waals surface area contributed by atoms with Crippen LogP contribution in [0.25, 0.3) is 21.7 Å². The van der Waals surface area contributed by atoms with E-state index < -0.39 is 5.97 Å². The first-order valence-electron chi connectivity index (χ1n) is 7.83. The Balaban J connectivity index is 1.88. The smallest absolute Gasteiger partial charge is 0.337 e. The molecule has 130 valence electrons. The number of esters is 1. The number of hydrogen-bond acceptors (Lipinski definition) is 5. The number of azide groups is 1. The number of rotatable bonds is 5. The zero-order chi connectivity index (χ0) is 18.5. The Bertz CT molecular complexity index is 987. The molecule has 0 saturated heterocycles. The lowest BCUT2D eigenvalue weighted by Crippen LogP contribution is -2.05. The lowest BCUT2D eigenvalue weighted by atomic mass is 10.1. The van der Waals surface area contributed by atoms with Crippen molar-refractivity contribution in [3.05, 3.63) is 75.8 Å². The summed E-state index contributed by atoms with van der Waals surface area (Å²) in [5.41, 5.74) is 12.9. The van der Waals surface area contributed by atoms with Gasteiger partial charge in [0, 0.05) is 16.2 Å². The predicted molar refractivity (Wildman–Crippen MR) is 95.9 cm³/mol. The number of carbonyl (C=O) groups excluding carboxylic acids is 1. The zero-order valence-electron chi connectivity index (χ0n) is 14.3. The molecule has 0 amide bonds. The number of methoxy groups -OCH3 is 1. The van der Waals surface area contributed by atoms with E-state index in [9.17, 15) is 4.79 Å². The fourth-order valence-corrected chi connectivity index (χ4v) is 2.53. The summed E-state index contributed by atoms with van der Waals surface area (Å²) < 4.78 is 6.40. The molecule has 0 unspecified atom stereocenters. The molecule has 0 aliphatic carbocycles. The third kappa shape index (κ3) is 3.88. The van der Waals surface area contributed by atoms with Crippen LogP contribution >= 0.6 is 0 Å². The maximum Gasteiger partial charge on any atom is 0.337 e. The van der Waals surface area contributed by atoms with Gasteiger partial charge in [-0.3, -0.25) is 0 Å². The minimum absolute atomic E-state index is 0.311. The van der Waals surface area contributed by atoms with Crippen LogP contribution in [0.3, 0.4) is 0 Å². The lowest BCUT2D eigenvalue weighted by Gasteiger charge is -2.06. The second-order valence-electron chi connectivity index (χ2n) is 5.74. The van der Waals surface area contributed by atoms with Crippen LogP contribution < -0.4 is 0 Å². The summed E-state index contributed by atoms with van der Waals surface area (Å²) in [6.45, 7) is 2.40. The standard InChI is InChI=1S/C18H16N6O2/c1-12-3-5-14(6-4-12)17-11-24(23-21-17)10-13-7-15(18(25)26-2)9-16(8-13)20-22-19/h3-9,11H,10H2,1-2H3. The highest BCUT2D eigenvalue weighted by molar-refractivity contribution is 5.90. The van der Waals surface area contributed by atoms with Crippen LogP contribution in [0.2, 0.25) is 0 Å². The molecule has 2 aromatic carbocycles. The van der Waals surface area contributed by atoms with Crippen LogP contribution in [-0.2, 0) is 11.3 Å². The molecular weight excluding hydrogens is 332 g/mol. The van der Waals surface area contributed by atoms with Crippen molar-refractivity contribution in [2.45, 2.75) is 13.5 Å². The van der Waals surface area contributed by atoms with Gasteiger partial charge in [-0.25, -0.2) is 9.48 Å². The number of benzene rings is 2. The highest BCUT2D eigenvalue weighted by Crippen LogP contribution is 2.21. The summed E-state index contributed by atoms with van der Waals surface area (Å²) in [5, 5.41) is 11.9. The Morgan fingerprint density at radius 3 is 2.73 bits per heavy atom. The lowest BCUT2D eigenvalue weighted by molar-refractivity contribution is 0.0600. The fraction of sp³-hybridized carbons (Fsp3) is 0.167. The molecule has 8 nitrogen and oxygen atoms in total. The minimum atomic E-state index is -0.500. The molecule has 0 bridgehead atoms. The van der Waals surface area contributed by atoms with Crippen molar-refractivity contribution in [2.24, 2.45) is 5.11 Å². The molecular formula is C18H16N6O2. The van der Waals surface area contributed by atoms with Gasteiger partial charge in [-0.05, 0) is 36.2 Å². The summed E-state index contributed by atoms with van der Waals surface area (Å²) in [6, 6.07) is 12.9. The van der Waals surface area contributed by atoms with Gasteiger partial charge in [-0.1, -0.05) is 40.2 Å². The monoisotopic (exact) mass is 348 g/mol. The normalized spacial score (nSPS) is 10.2.